The summed E-state index contributed by atoms with van der Waals surface area (Å²) in [7, 11) is 0. The van der Waals surface area contributed by atoms with Crippen LogP contribution in [0.2, 0.25) is 0 Å². The molecule has 1 aliphatic carbocycles. The summed E-state index contributed by atoms with van der Waals surface area (Å²) in [5.41, 5.74) is 5.42. The Balaban J connectivity index is 2.39. The first kappa shape index (κ1) is 10.5. The van der Waals surface area contributed by atoms with Gasteiger partial charge in [0.05, 0.1) is 6.54 Å². The van der Waals surface area contributed by atoms with Crippen molar-refractivity contribution >= 4 is 5.84 Å². The van der Waals surface area contributed by atoms with E-state index >= 15 is 0 Å². The predicted molar refractivity (Wildman–Crippen MR) is 56.0 cm³/mol. The third-order valence-electron chi connectivity index (χ3n) is 2.87. The summed E-state index contributed by atoms with van der Waals surface area (Å²) in [5.74, 6) is 0.299. The summed E-state index contributed by atoms with van der Waals surface area (Å²) in [4.78, 5) is 2.33. The van der Waals surface area contributed by atoms with E-state index in [9.17, 15) is 0 Å². The zero-order chi connectivity index (χ0) is 9.68. The highest BCUT2D eigenvalue weighted by Crippen LogP contribution is 2.21. The summed E-state index contributed by atoms with van der Waals surface area (Å²) in [6.07, 6.45) is 6.66. The normalized spacial score (nSPS) is 19.2. The van der Waals surface area contributed by atoms with Gasteiger partial charge in [0.15, 0.2) is 0 Å². The molecule has 0 heterocycles. The van der Waals surface area contributed by atoms with Gasteiger partial charge in [-0.25, -0.2) is 0 Å². The van der Waals surface area contributed by atoms with E-state index in [1.807, 2.05) is 0 Å². The minimum Gasteiger partial charge on any atom is -0.387 e. The van der Waals surface area contributed by atoms with Crippen molar-refractivity contribution in [2.24, 2.45) is 5.73 Å². The number of amidine groups is 1. The van der Waals surface area contributed by atoms with Gasteiger partial charge in [-0.1, -0.05) is 26.2 Å². The quantitative estimate of drug-likeness (QED) is 0.513. The number of hydrogen-bond donors (Lipinski definition) is 2. The average Bonchev–Trinajstić information content (AvgIpc) is 2.15. The van der Waals surface area contributed by atoms with Crippen molar-refractivity contribution < 1.29 is 0 Å². The van der Waals surface area contributed by atoms with E-state index in [2.05, 4.69) is 11.8 Å². The first-order chi connectivity index (χ1) is 6.24. The molecule has 13 heavy (non-hydrogen) atoms. The zero-order valence-corrected chi connectivity index (χ0v) is 8.55. The van der Waals surface area contributed by atoms with Crippen molar-refractivity contribution in [1.82, 2.24) is 4.90 Å². The molecule has 0 bridgehead atoms. The summed E-state index contributed by atoms with van der Waals surface area (Å²) >= 11 is 0. The maximum atomic E-state index is 7.28. The first-order valence-corrected chi connectivity index (χ1v) is 5.31. The highest BCUT2D eigenvalue weighted by atomic mass is 15.2. The standard InChI is InChI=1S/C10H21N3/c1-2-13(8-10(11)12)9-6-4-3-5-7-9/h9H,2-8H2,1H3,(H3,11,12). The molecular weight excluding hydrogens is 162 g/mol. The Morgan fingerprint density at radius 2 is 2.00 bits per heavy atom. The van der Waals surface area contributed by atoms with Gasteiger partial charge in [-0.2, -0.15) is 0 Å². The molecular formula is C10H21N3. The second-order valence-corrected chi connectivity index (χ2v) is 3.88. The van der Waals surface area contributed by atoms with Crippen molar-refractivity contribution in [1.29, 1.82) is 5.41 Å². The number of likely N-dealkylation sites (N-methyl/N-ethyl adjacent to an activating group) is 1. The van der Waals surface area contributed by atoms with Crippen molar-refractivity contribution in [2.75, 3.05) is 13.1 Å². The van der Waals surface area contributed by atoms with Crippen LogP contribution in [0.25, 0.3) is 0 Å². The van der Waals surface area contributed by atoms with E-state index in [-0.39, 0.29) is 0 Å². The van der Waals surface area contributed by atoms with Crippen LogP contribution in [-0.4, -0.2) is 29.9 Å². The fraction of sp³-hybridized carbons (Fsp3) is 0.900. The molecule has 0 aromatic rings. The van der Waals surface area contributed by atoms with Crippen LogP contribution in [0.3, 0.4) is 0 Å². The van der Waals surface area contributed by atoms with Gasteiger partial charge in [-0.05, 0) is 19.4 Å². The monoisotopic (exact) mass is 183 g/mol. The minimum absolute atomic E-state index is 0.299. The second kappa shape index (κ2) is 5.22. The molecule has 3 N–H and O–H groups in total. The average molecular weight is 183 g/mol. The highest BCUT2D eigenvalue weighted by molar-refractivity contribution is 5.78. The van der Waals surface area contributed by atoms with Gasteiger partial charge in [-0.3, -0.25) is 10.3 Å². The molecule has 0 aromatic carbocycles. The molecule has 0 saturated heterocycles. The number of hydrogen-bond acceptors (Lipinski definition) is 2. The van der Waals surface area contributed by atoms with Crippen LogP contribution < -0.4 is 5.73 Å². The van der Waals surface area contributed by atoms with Gasteiger partial charge in [-0.15, -0.1) is 0 Å². The summed E-state index contributed by atoms with van der Waals surface area (Å²) in [6, 6.07) is 0.683. The number of nitrogens with two attached hydrogens (primary N) is 1. The Kier molecular flexibility index (Phi) is 4.22. The molecule has 0 unspecified atom stereocenters. The van der Waals surface area contributed by atoms with Crippen LogP contribution in [0.1, 0.15) is 39.0 Å². The predicted octanol–water partition coefficient (Wildman–Crippen LogP) is 1.58. The SMILES string of the molecule is CCN(CC(=N)N)C1CCCCC1. The molecule has 0 atom stereocenters. The van der Waals surface area contributed by atoms with Gasteiger partial charge >= 0.3 is 0 Å². The van der Waals surface area contributed by atoms with Gasteiger partial charge in [0, 0.05) is 6.04 Å². The molecule has 1 aliphatic rings. The maximum Gasteiger partial charge on any atom is 0.105 e. The van der Waals surface area contributed by atoms with E-state index in [4.69, 9.17) is 11.1 Å². The molecule has 0 spiro atoms. The largest absolute Gasteiger partial charge is 0.387 e. The van der Waals surface area contributed by atoms with Crippen LogP contribution in [0.5, 0.6) is 0 Å². The molecule has 0 radical (unpaired) electrons. The highest BCUT2D eigenvalue weighted by Gasteiger charge is 2.19. The molecule has 1 rings (SSSR count). The Labute approximate surface area is 80.8 Å². The van der Waals surface area contributed by atoms with E-state index < -0.39 is 0 Å². The summed E-state index contributed by atoms with van der Waals surface area (Å²) in [6.45, 7) is 3.82. The lowest BCUT2D eigenvalue weighted by Gasteiger charge is -2.32. The third kappa shape index (κ3) is 3.35. The van der Waals surface area contributed by atoms with E-state index in [1.165, 1.54) is 32.1 Å². The molecule has 3 heteroatoms. The Morgan fingerprint density at radius 1 is 1.38 bits per heavy atom. The van der Waals surface area contributed by atoms with Crippen LogP contribution in [0.4, 0.5) is 0 Å². The van der Waals surface area contributed by atoms with Crippen molar-refractivity contribution in [3.8, 4) is 0 Å². The molecule has 3 nitrogen and oxygen atoms in total. The Bertz CT molecular complexity index is 162. The molecule has 76 valence electrons. The Morgan fingerprint density at radius 3 is 2.46 bits per heavy atom. The van der Waals surface area contributed by atoms with Gasteiger partial charge in [0.1, 0.15) is 5.84 Å². The summed E-state index contributed by atoms with van der Waals surface area (Å²) < 4.78 is 0. The zero-order valence-electron chi connectivity index (χ0n) is 8.55. The maximum absolute atomic E-state index is 7.28. The number of nitrogens with one attached hydrogen (secondary N) is 1. The smallest absolute Gasteiger partial charge is 0.105 e. The Hall–Kier alpha value is -0.570. The van der Waals surface area contributed by atoms with Crippen LogP contribution in [0.15, 0.2) is 0 Å². The van der Waals surface area contributed by atoms with E-state index in [1.54, 1.807) is 0 Å². The van der Waals surface area contributed by atoms with Gasteiger partial charge < -0.3 is 5.73 Å². The number of nitrogens with zero attached hydrogens (tertiary/aromatic N) is 1. The lowest BCUT2D eigenvalue weighted by atomic mass is 9.94. The molecule has 1 fully saturated rings. The number of rotatable bonds is 4. The van der Waals surface area contributed by atoms with Crippen molar-refractivity contribution in [3.05, 3.63) is 0 Å². The molecule has 0 aliphatic heterocycles. The van der Waals surface area contributed by atoms with E-state index in [0.717, 1.165) is 6.54 Å². The van der Waals surface area contributed by atoms with Crippen LogP contribution >= 0.6 is 0 Å². The molecule has 0 aromatic heterocycles. The molecule has 0 amide bonds. The van der Waals surface area contributed by atoms with Gasteiger partial charge in [0.25, 0.3) is 0 Å². The minimum atomic E-state index is 0.299. The van der Waals surface area contributed by atoms with Crippen molar-refractivity contribution in [3.63, 3.8) is 0 Å². The molecule has 1 saturated carbocycles. The fourth-order valence-electron chi connectivity index (χ4n) is 2.16. The topological polar surface area (TPSA) is 53.1 Å². The van der Waals surface area contributed by atoms with Crippen molar-refractivity contribution in [2.45, 2.75) is 45.1 Å². The lowest BCUT2D eigenvalue weighted by molar-refractivity contribution is 0.185. The third-order valence-corrected chi connectivity index (χ3v) is 2.87. The lowest BCUT2D eigenvalue weighted by Crippen LogP contribution is -2.41. The van der Waals surface area contributed by atoms with E-state index in [0.29, 0.717) is 18.4 Å². The first-order valence-electron chi connectivity index (χ1n) is 5.31. The second-order valence-electron chi connectivity index (χ2n) is 3.88. The fourth-order valence-corrected chi connectivity index (χ4v) is 2.16. The van der Waals surface area contributed by atoms with Crippen LogP contribution in [0, 0.1) is 5.41 Å². The van der Waals surface area contributed by atoms with Crippen LogP contribution in [-0.2, 0) is 0 Å². The van der Waals surface area contributed by atoms with Gasteiger partial charge in [0.2, 0.25) is 0 Å². The summed E-state index contributed by atoms with van der Waals surface area (Å²) in [5, 5.41) is 7.28.